The Balaban J connectivity index is 1.60. The summed E-state index contributed by atoms with van der Waals surface area (Å²) in [6.45, 7) is 1.89. The van der Waals surface area contributed by atoms with Crippen LogP contribution in [0.15, 0.2) is 36.4 Å². The van der Waals surface area contributed by atoms with Crippen LogP contribution in [0.5, 0.6) is 11.5 Å². The summed E-state index contributed by atoms with van der Waals surface area (Å²) in [4.78, 5) is 24.8. The Morgan fingerprint density at radius 1 is 1.00 bits per heavy atom. The summed E-state index contributed by atoms with van der Waals surface area (Å²) in [7, 11) is 3.08. The number of nitrogens with one attached hydrogen (secondary N) is 2. The van der Waals surface area contributed by atoms with Crippen LogP contribution in [0.1, 0.15) is 12.0 Å². The molecule has 2 unspecified atom stereocenters. The molecule has 2 aromatic carbocycles. The van der Waals surface area contributed by atoms with Crippen molar-refractivity contribution in [1.82, 2.24) is 0 Å². The van der Waals surface area contributed by atoms with Gasteiger partial charge in [0.05, 0.1) is 31.7 Å². The van der Waals surface area contributed by atoms with Gasteiger partial charge in [0, 0.05) is 16.8 Å². The van der Waals surface area contributed by atoms with Gasteiger partial charge in [0.1, 0.15) is 11.5 Å². The molecule has 2 amide bonds. The summed E-state index contributed by atoms with van der Waals surface area (Å²) in [5.41, 5.74) is 2.10. The van der Waals surface area contributed by atoms with Crippen molar-refractivity contribution in [3.05, 3.63) is 47.0 Å². The topological polar surface area (TPSA) is 76.7 Å². The molecule has 7 heteroatoms. The van der Waals surface area contributed by atoms with E-state index >= 15 is 0 Å². The molecule has 1 aliphatic rings. The van der Waals surface area contributed by atoms with E-state index in [4.69, 9.17) is 21.1 Å². The van der Waals surface area contributed by atoms with Crippen LogP contribution in [0.3, 0.4) is 0 Å². The standard InChI is InChI=1S/C20H21ClN2O4/c1-11-4-5-12(8-16(11)21)22-19(24)14-10-15(14)20(25)23-17-7-6-13(26-2)9-18(17)27-3/h4-9,14-15H,10H2,1-3H3,(H,22,24)(H,23,25). The molecule has 2 aromatic rings. The second-order valence-corrected chi connectivity index (χ2v) is 6.86. The van der Waals surface area contributed by atoms with Crippen molar-refractivity contribution in [2.24, 2.45) is 11.8 Å². The van der Waals surface area contributed by atoms with Crippen molar-refractivity contribution in [3.63, 3.8) is 0 Å². The number of methoxy groups -OCH3 is 2. The quantitative estimate of drug-likeness (QED) is 0.787. The first-order valence-corrected chi connectivity index (χ1v) is 8.90. The molecule has 0 saturated heterocycles. The highest BCUT2D eigenvalue weighted by Crippen LogP contribution is 2.41. The number of carbonyl (C=O) groups excluding carboxylic acids is 2. The molecule has 6 nitrogen and oxygen atoms in total. The number of benzene rings is 2. The summed E-state index contributed by atoms with van der Waals surface area (Å²) >= 11 is 6.08. The SMILES string of the molecule is COc1ccc(NC(=O)C2CC2C(=O)Nc2ccc(C)c(Cl)c2)c(OC)c1. The highest BCUT2D eigenvalue weighted by atomic mass is 35.5. The van der Waals surface area contributed by atoms with Crippen molar-refractivity contribution < 1.29 is 19.1 Å². The number of aryl methyl sites for hydroxylation is 1. The lowest BCUT2D eigenvalue weighted by atomic mass is 10.2. The largest absolute Gasteiger partial charge is 0.497 e. The van der Waals surface area contributed by atoms with E-state index in [-0.39, 0.29) is 23.7 Å². The number of amides is 2. The van der Waals surface area contributed by atoms with Gasteiger partial charge in [0.15, 0.2) is 0 Å². The van der Waals surface area contributed by atoms with Gasteiger partial charge in [-0.25, -0.2) is 0 Å². The minimum atomic E-state index is -0.363. The lowest BCUT2D eigenvalue weighted by Gasteiger charge is -2.11. The molecule has 0 aliphatic heterocycles. The van der Waals surface area contributed by atoms with Gasteiger partial charge in [-0.2, -0.15) is 0 Å². The normalized spacial score (nSPS) is 17.8. The molecule has 1 saturated carbocycles. The molecule has 0 aromatic heterocycles. The maximum absolute atomic E-state index is 12.5. The third-order valence-electron chi connectivity index (χ3n) is 4.57. The van der Waals surface area contributed by atoms with Gasteiger partial charge in [0.25, 0.3) is 0 Å². The predicted octanol–water partition coefficient (Wildman–Crippen LogP) is 3.88. The third-order valence-corrected chi connectivity index (χ3v) is 4.98. The lowest BCUT2D eigenvalue weighted by Crippen LogP contribution is -2.20. The number of halogens is 1. The smallest absolute Gasteiger partial charge is 0.228 e. The Bertz CT molecular complexity index is 884. The molecule has 2 N–H and O–H groups in total. The number of hydrogen-bond acceptors (Lipinski definition) is 4. The maximum Gasteiger partial charge on any atom is 0.228 e. The average molecular weight is 389 g/mol. The van der Waals surface area contributed by atoms with E-state index in [9.17, 15) is 9.59 Å². The third kappa shape index (κ3) is 4.34. The van der Waals surface area contributed by atoms with E-state index in [1.807, 2.05) is 13.0 Å². The molecule has 0 spiro atoms. The first-order valence-electron chi connectivity index (χ1n) is 8.53. The van der Waals surface area contributed by atoms with E-state index in [0.717, 1.165) is 5.56 Å². The number of hydrogen-bond donors (Lipinski definition) is 2. The Labute approximate surface area is 162 Å². The van der Waals surface area contributed by atoms with Crippen LogP contribution < -0.4 is 20.1 Å². The maximum atomic E-state index is 12.5. The van der Waals surface area contributed by atoms with E-state index in [0.29, 0.717) is 34.3 Å². The average Bonchev–Trinajstić information content (AvgIpc) is 3.46. The predicted molar refractivity (Wildman–Crippen MR) is 105 cm³/mol. The van der Waals surface area contributed by atoms with Crippen LogP contribution in [0.2, 0.25) is 5.02 Å². The Hall–Kier alpha value is -2.73. The molecule has 27 heavy (non-hydrogen) atoms. The van der Waals surface area contributed by atoms with Crippen molar-refractivity contribution in [2.75, 3.05) is 24.9 Å². The number of anilines is 2. The van der Waals surface area contributed by atoms with Gasteiger partial charge in [-0.3, -0.25) is 9.59 Å². The van der Waals surface area contributed by atoms with Crippen molar-refractivity contribution in [3.8, 4) is 11.5 Å². The van der Waals surface area contributed by atoms with Gasteiger partial charge in [-0.05, 0) is 43.2 Å². The van der Waals surface area contributed by atoms with Crippen LogP contribution in [-0.4, -0.2) is 26.0 Å². The highest BCUT2D eigenvalue weighted by molar-refractivity contribution is 6.31. The lowest BCUT2D eigenvalue weighted by molar-refractivity contribution is -0.122. The molecule has 1 aliphatic carbocycles. The summed E-state index contributed by atoms with van der Waals surface area (Å²) < 4.78 is 10.4. The summed E-state index contributed by atoms with van der Waals surface area (Å²) in [5.74, 6) is 0.0216. The van der Waals surface area contributed by atoms with Crippen LogP contribution in [-0.2, 0) is 9.59 Å². The zero-order valence-electron chi connectivity index (χ0n) is 15.3. The molecular formula is C20H21ClN2O4. The van der Waals surface area contributed by atoms with Crippen molar-refractivity contribution >= 4 is 34.8 Å². The van der Waals surface area contributed by atoms with E-state index < -0.39 is 0 Å². The Morgan fingerprint density at radius 3 is 2.33 bits per heavy atom. The van der Waals surface area contributed by atoms with E-state index in [1.165, 1.54) is 7.11 Å². The second kappa shape index (κ2) is 7.88. The summed E-state index contributed by atoms with van der Waals surface area (Å²) in [6.07, 6.45) is 0.510. The van der Waals surface area contributed by atoms with Crippen LogP contribution in [0.4, 0.5) is 11.4 Å². The fourth-order valence-electron chi connectivity index (χ4n) is 2.81. The second-order valence-electron chi connectivity index (χ2n) is 6.46. The molecule has 0 bridgehead atoms. The van der Waals surface area contributed by atoms with Gasteiger partial charge in [-0.1, -0.05) is 17.7 Å². The van der Waals surface area contributed by atoms with Crippen molar-refractivity contribution in [1.29, 1.82) is 0 Å². The molecule has 142 valence electrons. The van der Waals surface area contributed by atoms with Crippen LogP contribution in [0.25, 0.3) is 0 Å². The zero-order chi connectivity index (χ0) is 19.6. The molecule has 3 rings (SSSR count). The van der Waals surface area contributed by atoms with Gasteiger partial charge in [-0.15, -0.1) is 0 Å². The zero-order valence-corrected chi connectivity index (χ0v) is 16.1. The van der Waals surface area contributed by atoms with Crippen molar-refractivity contribution in [2.45, 2.75) is 13.3 Å². The summed E-state index contributed by atoms with van der Waals surface area (Å²) in [5, 5.41) is 6.22. The minimum Gasteiger partial charge on any atom is -0.497 e. The van der Waals surface area contributed by atoms with Gasteiger partial charge < -0.3 is 20.1 Å². The highest BCUT2D eigenvalue weighted by Gasteiger charge is 2.48. The minimum absolute atomic E-state index is 0.184. The number of rotatable bonds is 6. The fourth-order valence-corrected chi connectivity index (χ4v) is 2.99. The van der Waals surface area contributed by atoms with E-state index in [2.05, 4.69) is 10.6 Å². The fraction of sp³-hybridized carbons (Fsp3) is 0.300. The Kier molecular flexibility index (Phi) is 5.56. The number of ether oxygens (including phenoxy) is 2. The first-order chi connectivity index (χ1) is 12.9. The monoisotopic (exact) mass is 388 g/mol. The van der Waals surface area contributed by atoms with Crippen LogP contribution >= 0.6 is 11.6 Å². The van der Waals surface area contributed by atoms with E-state index in [1.54, 1.807) is 37.4 Å². The molecular weight excluding hydrogens is 368 g/mol. The first kappa shape index (κ1) is 19.0. The molecule has 0 radical (unpaired) electrons. The molecule has 2 atom stereocenters. The summed E-state index contributed by atoms with van der Waals surface area (Å²) in [6, 6.07) is 10.5. The number of carbonyl (C=O) groups is 2. The van der Waals surface area contributed by atoms with Gasteiger partial charge >= 0.3 is 0 Å². The van der Waals surface area contributed by atoms with Gasteiger partial charge in [0.2, 0.25) is 11.8 Å². The van der Waals surface area contributed by atoms with Crippen LogP contribution in [0, 0.1) is 18.8 Å². The molecule has 0 heterocycles. The Morgan fingerprint density at radius 2 is 1.70 bits per heavy atom. The molecule has 1 fully saturated rings.